The Bertz CT molecular complexity index is 1110. The number of terminal acetylenes is 1. The van der Waals surface area contributed by atoms with Crippen LogP contribution in [-0.4, -0.2) is 58.5 Å². The molecule has 7 atom stereocenters. The lowest BCUT2D eigenvalue weighted by atomic mass is 9.46. The smallest absolute Gasteiger partial charge is 0.326 e. The van der Waals surface area contributed by atoms with E-state index in [9.17, 15) is 24.6 Å². The molecular weight excluding hydrogens is 498 g/mol. The number of nitrogens with one attached hydrogen (secondary N) is 2. The molecule has 9 heteroatoms. The van der Waals surface area contributed by atoms with E-state index >= 15 is 0 Å². The number of aliphatic carboxylic acids is 1. The van der Waals surface area contributed by atoms with Crippen molar-refractivity contribution in [3.8, 4) is 12.3 Å². The molecule has 2 amide bonds. The van der Waals surface area contributed by atoms with Crippen LogP contribution < -0.4 is 10.6 Å². The summed E-state index contributed by atoms with van der Waals surface area (Å²) in [5.41, 5.74) is 1.10. The number of aliphatic hydroxyl groups is 1. The summed E-state index contributed by atoms with van der Waals surface area (Å²) in [5, 5.41) is 29.4. The molecule has 0 aromatic heterocycles. The zero-order chi connectivity index (χ0) is 28.6. The second kappa shape index (κ2) is 11.0. The number of nitrogens with zero attached hydrogens (tertiary/aromatic N) is 1. The maximum Gasteiger partial charge on any atom is 0.326 e. The van der Waals surface area contributed by atoms with Crippen LogP contribution in [0.4, 0.5) is 0 Å². The predicted molar refractivity (Wildman–Crippen MR) is 146 cm³/mol. The second-order valence-corrected chi connectivity index (χ2v) is 12.8. The van der Waals surface area contributed by atoms with Gasteiger partial charge in [-0.15, -0.1) is 6.42 Å². The molecule has 4 aliphatic carbocycles. The van der Waals surface area contributed by atoms with Crippen LogP contribution in [-0.2, 0) is 19.2 Å². The van der Waals surface area contributed by atoms with Crippen LogP contribution in [0.25, 0.3) is 0 Å². The maximum absolute atomic E-state index is 12.1. The Morgan fingerprint density at radius 2 is 1.85 bits per heavy atom. The molecule has 0 saturated heterocycles. The van der Waals surface area contributed by atoms with Gasteiger partial charge in [-0.3, -0.25) is 9.59 Å². The van der Waals surface area contributed by atoms with Gasteiger partial charge in [-0.1, -0.05) is 44.3 Å². The van der Waals surface area contributed by atoms with Crippen molar-refractivity contribution in [3.05, 3.63) is 11.6 Å². The summed E-state index contributed by atoms with van der Waals surface area (Å²) in [4.78, 5) is 40.6. The second-order valence-electron chi connectivity index (χ2n) is 12.8. The van der Waals surface area contributed by atoms with Gasteiger partial charge in [0.1, 0.15) is 11.6 Å². The van der Waals surface area contributed by atoms with Crippen molar-refractivity contribution in [1.29, 1.82) is 0 Å². The summed E-state index contributed by atoms with van der Waals surface area (Å²) in [5.74, 6) is 1.85. The number of hydrogen-bond donors (Lipinski definition) is 4. The number of carboxylic acid groups (broad SMARTS) is 1. The van der Waals surface area contributed by atoms with E-state index in [4.69, 9.17) is 11.3 Å². The van der Waals surface area contributed by atoms with Gasteiger partial charge < -0.3 is 25.7 Å². The molecule has 0 heterocycles. The molecule has 0 radical (unpaired) electrons. The van der Waals surface area contributed by atoms with Crippen LogP contribution >= 0.6 is 0 Å². The number of fused-ring (bicyclic) bond motifs is 5. The molecular formula is C30H43N3O6. The molecule has 3 saturated carbocycles. The number of carbonyl (C=O) groups excluding carboxylic acids is 2. The summed E-state index contributed by atoms with van der Waals surface area (Å²) in [6.45, 7) is 7.31. The fourth-order valence-corrected chi connectivity index (χ4v) is 8.04. The fraction of sp³-hybridized carbons (Fsp3) is 0.733. The van der Waals surface area contributed by atoms with Gasteiger partial charge in [0.15, 0.2) is 6.61 Å². The highest BCUT2D eigenvalue weighted by atomic mass is 16.6. The van der Waals surface area contributed by atoms with Gasteiger partial charge in [0.25, 0.3) is 5.91 Å². The third-order valence-electron chi connectivity index (χ3n) is 10.4. The third-order valence-corrected chi connectivity index (χ3v) is 10.4. The number of carboxylic acids is 1. The zero-order valence-corrected chi connectivity index (χ0v) is 23.6. The van der Waals surface area contributed by atoms with E-state index in [1.807, 2.05) is 0 Å². The van der Waals surface area contributed by atoms with E-state index in [1.165, 1.54) is 5.57 Å². The van der Waals surface area contributed by atoms with Crippen LogP contribution in [0.15, 0.2) is 16.8 Å². The lowest BCUT2D eigenvalue weighted by Crippen LogP contribution is -2.54. The molecule has 9 nitrogen and oxygen atoms in total. The molecule has 4 rings (SSSR count). The molecule has 0 bridgehead atoms. The Kier molecular flexibility index (Phi) is 8.18. The van der Waals surface area contributed by atoms with Crippen molar-refractivity contribution >= 4 is 23.5 Å². The number of carbonyl (C=O) groups is 3. The summed E-state index contributed by atoms with van der Waals surface area (Å²) in [6, 6.07) is -1.01. The summed E-state index contributed by atoms with van der Waals surface area (Å²) in [7, 11) is 0. The molecule has 0 aromatic rings. The highest BCUT2D eigenvalue weighted by Gasteiger charge is 2.63. The Morgan fingerprint density at radius 1 is 1.13 bits per heavy atom. The topological polar surface area (TPSA) is 137 Å². The first-order chi connectivity index (χ1) is 18.3. The van der Waals surface area contributed by atoms with Gasteiger partial charge in [-0.25, -0.2) is 4.79 Å². The van der Waals surface area contributed by atoms with Crippen molar-refractivity contribution in [2.24, 2.45) is 39.7 Å². The van der Waals surface area contributed by atoms with Crippen molar-refractivity contribution < 1.29 is 29.4 Å². The Balaban J connectivity index is 1.31. The normalized spacial score (nSPS) is 37.0. The molecule has 0 aliphatic heterocycles. The molecule has 214 valence electrons. The molecule has 4 N–H and O–H groups in total. The summed E-state index contributed by atoms with van der Waals surface area (Å²) >= 11 is 0. The van der Waals surface area contributed by atoms with Gasteiger partial charge in [-0.05, 0) is 86.5 Å². The van der Waals surface area contributed by atoms with Crippen molar-refractivity contribution in [3.63, 3.8) is 0 Å². The van der Waals surface area contributed by atoms with Crippen LogP contribution in [0.5, 0.6) is 0 Å². The Hall–Kier alpha value is -2.86. The first kappa shape index (κ1) is 29.1. The van der Waals surface area contributed by atoms with Crippen molar-refractivity contribution in [2.45, 2.75) is 90.7 Å². The molecule has 39 heavy (non-hydrogen) atoms. The van der Waals surface area contributed by atoms with Crippen molar-refractivity contribution in [2.75, 3.05) is 13.2 Å². The van der Waals surface area contributed by atoms with Gasteiger partial charge in [0.05, 0.1) is 12.3 Å². The molecule has 3 fully saturated rings. The van der Waals surface area contributed by atoms with E-state index in [0.717, 1.165) is 50.7 Å². The SMILES string of the molecule is C#C[C@@]1(O)CC[C@@H]2[C@@H]3CCC4=C/C(=N/OCC(=O)NCC(=O)N[C@H](C(=O)O)C(C)C)CC[C@]4(C)[C@H]3CC[C@@]21C. The van der Waals surface area contributed by atoms with Crippen molar-refractivity contribution in [1.82, 2.24) is 10.6 Å². The average molecular weight is 542 g/mol. The number of oxime groups is 1. The zero-order valence-electron chi connectivity index (χ0n) is 23.6. The van der Waals surface area contributed by atoms with E-state index in [-0.39, 0.29) is 29.9 Å². The molecule has 4 aliphatic rings. The van der Waals surface area contributed by atoms with E-state index in [0.29, 0.717) is 24.2 Å². The van der Waals surface area contributed by atoms with Gasteiger partial charge >= 0.3 is 5.97 Å². The minimum atomic E-state index is -1.12. The van der Waals surface area contributed by atoms with Crippen LogP contribution in [0.3, 0.4) is 0 Å². The van der Waals surface area contributed by atoms with E-state index in [1.54, 1.807) is 13.8 Å². The molecule has 0 spiro atoms. The first-order valence-electron chi connectivity index (χ1n) is 14.2. The lowest BCUT2D eigenvalue weighted by Gasteiger charge is -2.58. The molecule has 0 unspecified atom stereocenters. The predicted octanol–water partition coefficient (Wildman–Crippen LogP) is 3.03. The average Bonchev–Trinajstić information content (AvgIpc) is 3.16. The maximum atomic E-state index is 12.1. The minimum absolute atomic E-state index is 0.0919. The van der Waals surface area contributed by atoms with Crippen LogP contribution in [0.2, 0.25) is 0 Å². The van der Waals surface area contributed by atoms with Gasteiger partial charge in [0.2, 0.25) is 5.91 Å². The number of rotatable bonds is 8. The van der Waals surface area contributed by atoms with Crippen LogP contribution in [0.1, 0.15) is 79.1 Å². The Morgan fingerprint density at radius 3 is 2.51 bits per heavy atom. The number of allylic oxidation sites excluding steroid dienone is 2. The summed E-state index contributed by atoms with van der Waals surface area (Å²) < 4.78 is 0. The minimum Gasteiger partial charge on any atom is -0.480 e. The Labute approximate surface area is 231 Å². The monoisotopic (exact) mass is 541 g/mol. The highest BCUT2D eigenvalue weighted by Crippen LogP contribution is 2.67. The lowest BCUT2D eigenvalue weighted by molar-refractivity contribution is -0.143. The van der Waals surface area contributed by atoms with Gasteiger partial charge in [-0.2, -0.15) is 0 Å². The largest absolute Gasteiger partial charge is 0.480 e. The highest BCUT2D eigenvalue weighted by molar-refractivity contribution is 5.96. The fourth-order valence-electron chi connectivity index (χ4n) is 8.04. The third kappa shape index (κ3) is 5.32. The van der Waals surface area contributed by atoms with Gasteiger partial charge in [0, 0.05) is 5.41 Å². The number of amides is 2. The van der Waals surface area contributed by atoms with E-state index in [2.05, 4.69) is 41.6 Å². The number of hydrogen-bond acceptors (Lipinski definition) is 6. The van der Waals surface area contributed by atoms with E-state index < -0.39 is 29.4 Å². The molecule has 0 aromatic carbocycles. The quantitative estimate of drug-likeness (QED) is 0.275. The standard InChI is InChI=1S/C30H43N3O6/c1-6-30(38)14-11-23-21-8-7-19-15-20(9-12-28(19,4)22(21)10-13-29(23,30)5)33-39-17-25(35)31-16-24(34)32-26(18(2)3)27(36)37/h1,15,18,21-23,26,38H,7-14,16-17H2,2-5H3,(H,31,35)(H,32,34)(H,36,37)/b33-20+/t21-,22+,23-,26+,28+,29+,30-/m1/s1. The summed E-state index contributed by atoms with van der Waals surface area (Å²) in [6.07, 6.45) is 15.5. The first-order valence-corrected chi connectivity index (χ1v) is 14.2. The van der Waals surface area contributed by atoms with Crippen LogP contribution in [0, 0.1) is 46.8 Å².